The second kappa shape index (κ2) is 7.18. The van der Waals surface area contributed by atoms with E-state index in [4.69, 9.17) is 4.74 Å². The Morgan fingerprint density at radius 2 is 1.80 bits per heavy atom. The largest absolute Gasteiger partial charge is 0.445 e. The van der Waals surface area contributed by atoms with E-state index < -0.39 is 0 Å². The van der Waals surface area contributed by atoms with E-state index in [2.05, 4.69) is 28.8 Å². The van der Waals surface area contributed by atoms with Crippen molar-refractivity contribution in [1.82, 2.24) is 5.32 Å². The maximum absolute atomic E-state index is 11.9. The number of benzene rings is 2. The summed E-state index contributed by atoms with van der Waals surface area (Å²) in [5, 5.41) is 6.52. The summed E-state index contributed by atoms with van der Waals surface area (Å²) in [5.74, 6) is 0. The Kier molecular flexibility index (Phi) is 4.59. The van der Waals surface area contributed by atoms with Gasteiger partial charge in [0.25, 0.3) is 0 Å². The Morgan fingerprint density at radius 3 is 2.64 bits per heavy atom. The highest BCUT2D eigenvalue weighted by molar-refractivity contribution is 5.68. The fraction of sp³-hybridized carbons (Fsp3) is 0.381. The van der Waals surface area contributed by atoms with Crippen molar-refractivity contribution in [1.29, 1.82) is 0 Å². The molecule has 1 amide bonds. The molecule has 2 aliphatic rings. The predicted octanol–water partition coefficient (Wildman–Crippen LogP) is 4.04. The fourth-order valence-electron chi connectivity index (χ4n) is 3.68. The standard InChI is InChI=1S/C21H24N2O2/c24-21(25-14-15-5-2-1-3-6-15)23-20-12-19(13-20)22-18-10-9-16-7-4-8-17(16)11-18/h1-3,5-6,9-11,19-20,22H,4,7-8,12-14H2,(H,23,24). The average Bonchev–Trinajstić information content (AvgIpc) is 3.07. The number of carbonyl (C=O) groups excluding carboxylic acids is 1. The quantitative estimate of drug-likeness (QED) is 0.866. The summed E-state index contributed by atoms with van der Waals surface area (Å²) in [7, 11) is 0. The van der Waals surface area contributed by atoms with Gasteiger partial charge in [0.2, 0.25) is 0 Å². The molecule has 1 fully saturated rings. The molecule has 0 aromatic heterocycles. The number of amides is 1. The zero-order chi connectivity index (χ0) is 17.1. The van der Waals surface area contributed by atoms with Gasteiger partial charge < -0.3 is 15.4 Å². The van der Waals surface area contributed by atoms with Gasteiger partial charge in [-0.05, 0) is 60.9 Å². The van der Waals surface area contributed by atoms with Gasteiger partial charge in [0, 0.05) is 17.8 Å². The van der Waals surface area contributed by atoms with Gasteiger partial charge in [0.1, 0.15) is 6.61 Å². The number of nitrogens with one attached hydrogen (secondary N) is 2. The number of alkyl carbamates (subject to hydrolysis) is 1. The number of ether oxygens (including phenoxy) is 1. The molecule has 1 saturated carbocycles. The minimum absolute atomic E-state index is 0.204. The molecule has 4 heteroatoms. The second-order valence-electron chi connectivity index (χ2n) is 7.05. The van der Waals surface area contributed by atoms with Crippen LogP contribution in [0.15, 0.2) is 48.5 Å². The van der Waals surface area contributed by atoms with Gasteiger partial charge in [-0.3, -0.25) is 0 Å². The van der Waals surface area contributed by atoms with Gasteiger partial charge in [-0.2, -0.15) is 0 Å². The Hall–Kier alpha value is -2.49. The number of fused-ring (bicyclic) bond motifs is 1. The number of aryl methyl sites for hydroxylation is 2. The minimum atomic E-state index is -0.329. The number of carbonyl (C=O) groups is 1. The SMILES string of the molecule is O=C(NC1CC(Nc2ccc3c(c2)CCC3)C1)OCc1ccccc1. The first kappa shape index (κ1) is 16.0. The van der Waals surface area contributed by atoms with E-state index in [1.165, 1.54) is 36.1 Å². The molecule has 0 heterocycles. The van der Waals surface area contributed by atoms with Gasteiger partial charge >= 0.3 is 6.09 Å². The third-order valence-electron chi connectivity index (χ3n) is 5.14. The monoisotopic (exact) mass is 336 g/mol. The fourth-order valence-corrected chi connectivity index (χ4v) is 3.68. The Balaban J connectivity index is 1.18. The molecule has 2 N–H and O–H groups in total. The van der Waals surface area contributed by atoms with E-state index in [0.717, 1.165) is 18.4 Å². The predicted molar refractivity (Wildman–Crippen MR) is 98.7 cm³/mol. The first-order chi connectivity index (χ1) is 12.3. The maximum Gasteiger partial charge on any atom is 0.407 e. The number of hydrogen-bond acceptors (Lipinski definition) is 3. The molecule has 0 unspecified atom stereocenters. The summed E-state index contributed by atoms with van der Waals surface area (Å²) < 4.78 is 5.27. The highest BCUT2D eigenvalue weighted by Crippen LogP contribution is 2.28. The van der Waals surface area contributed by atoms with Crippen molar-refractivity contribution in [3.8, 4) is 0 Å². The van der Waals surface area contributed by atoms with Crippen molar-refractivity contribution in [2.24, 2.45) is 0 Å². The lowest BCUT2D eigenvalue weighted by Crippen LogP contribution is -2.49. The molecule has 0 saturated heterocycles. The molecule has 4 rings (SSSR count). The summed E-state index contributed by atoms with van der Waals surface area (Å²) in [5.41, 5.74) is 5.20. The van der Waals surface area contributed by atoms with Crippen LogP contribution < -0.4 is 10.6 Å². The number of anilines is 1. The van der Waals surface area contributed by atoms with E-state index in [9.17, 15) is 4.79 Å². The van der Waals surface area contributed by atoms with Crippen molar-refractivity contribution in [2.45, 2.75) is 50.8 Å². The first-order valence-electron chi connectivity index (χ1n) is 9.12. The molecule has 0 aliphatic heterocycles. The van der Waals surface area contributed by atoms with Crippen molar-refractivity contribution >= 4 is 11.8 Å². The summed E-state index contributed by atoms with van der Waals surface area (Å²) in [6.45, 7) is 0.316. The molecule has 4 nitrogen and oxygen atoms in total. The summed E-state index contributed by atoms with van der Waals surface area (Å²) in [6.07, 6.45) is 5.25. The summed E-state index contributed by atoms with van der Waals surface area (Å²) in [4.78, 5) is 11.9. The number of rotatable bonds is 5. The zero-order valence-electron chi connectivity index (χ0n) is 14.3. The van der Waals surface area contributed by atoms with Crippen LogP contribution in [0.3, 0.4) is 0 Å². The van der Waals surface area contributed by atoms with Crippen LogP contribution in [-0.2, 0) is 24.2 Å². The van der Waals surface area contributed by atoms with Gasteiger partial charge in [-0.1, -0.05) is 36.4 Å². The third kappa shape index (κ3) is 3.95. The molecule has 0 bridgehead atoms. The molecule has 0 atom stereocenters. The summed E-state index contributed by atoms with van der Waals surface area (Å²) in [6, 6.07) is 17.1. The van der Waals surface area contributed by atoms with Crippen LogP contribution in [0.1, 0.15) is 36.0 Å². The van der Waals surface area contributed by atoms with Gasteiger partial charge in [-0.25, -0.2) is 4.79 Å². The van der Waals surface area contributed by atoms with Gasteiger partial charge in [0.05, 0.1) is 0 Å². The molecule has 25 heavy (non-hydrogen) atoms. The normalized spacial score (nSPS) is 21.1. The Bertz CT molecular complexity index is 739. The van der Waals surface area contributed by atoms with E-state index in [1.807, 2.05) is 30.3 Å². The molecular weight excluding hydrogens is 312 g/mol. The molecule has 2 aliphatic carbocycles. The van der Waals surface area contributed by atoms with E-state index in [1.54, 1.807) is 0 Å². The van der Waals surface area contributed by atoms with Crippen LogP contribution >= 0.6 is 0 Å². The van der Waals surface area contributed by atoms with Crippen molar-refractivity contribution in [3.05, 3.63) is 65.2 Å². The van der Waals surface area contributed by atoms with Crippen molar-refractivity contribution in [2.75, 3.05) is 5.32 Å². The molecular formula is C21H24N2O2. The number of hydrogen-bond donors (Lipinski definition) is 2. The Labute approximate surface area is 148 Å². The highest BCUT2D eigenvalue weighted by Gasteiger charge is 2.30. The Morgan fingerprint density at radius 1 is 1.00 bits per heavy atom. The minimum Gasteiger partial charge on any atom is -0.445 e. The molecule has 130 valence electrons. The summed E-state index contributed by atoms with van der Waals surface area (Å²) >= 11 is 0. The van der Waals surface area contributed by atoms with Crippen molar-refractivity contribution < 1.29 is 9.53 Å². The molecule has 0 spiro atoms. The topological polar surface area (TPSA) is 50.4 Å². The van der Waals surface area contributed by atoms with Crippen LogP contribution in [0, 0.1) is 0 Å². The van der Waals surface area contributed by atoms with Crippen LogP contribution in [0.4, 0.5) is 10.5 Å². The smallest absolute Gasteiger partial charge is 0.407 e. The lowest BCUT2D eigenvalue weighted by Gasteiger charge is -2.36. The second-order valence-corrected chi connectivity index (χ2v) is 7.05. The van der Waals surface area contributed by atoms with Crippen LogP contribution in [-0.4, -0.2) is 18.2 Å². The lowest BCUT2D eigenvalue weighted by atomic mass is 9.86. The van der Waals surface area contributed by atoms with Gasteiger partial charge in [-0.15, -0.1) is 0 Å². The first-order valence-corrected chi connectivity index (χ1v) is 9.12. The van der Waals surface area contributed by atoms with Gasteiger partial charge in [0.15, 0.2) is 0 Å². The lowest BCUT2D eigenvalue weighted by molar-refractivity contribution is 0.129. The molecule has 2 aromatic rings. The van der Waals surface area contributed by atoms with Crippen LogP contribution in [0.2, 0.25) is 0 Å². The van der Waals surface area contributed by atoms with E-state index in [0.29, 0.717) is 12.6 Å². The molecule has 2 aromatic carbocycles. The van der Waals surface area contributed by atoms with Crippen molar-refractivity contribution in [3.63, 3.8) is 0 Å². The van der Waals surface area contributed by atoms with E-state index >= 15 is 0 Å². The molecule has 0 radical (unpaired) electrons. The third-order valence-corrected chi connectivity index (χ3v) is 5.14. The van der Waals surface area contributed by atoms with Crippen LogP contribution in [0.5, 0.6) is 0 Å². The van der Waals surface area contributed by atoms with Crippen LogP contribution in [0.25, 0.3) is 0 Å². The maximum atomic E-state index is 11.9. The van der Waals surface area contributed by atoms with E-state index in [-0.39, 0.29) is 12.1 Å². The zero-order valence-corrected chi connectivity index (χ0v) is 14.3. The highest BCUT2D eigenvalue weighted by atomic mass is 16.5. The average molecular weight is 336 g/mol.